The van der Waals surface area contributed by atoms with Gasteiger partial charge in [0, 0.05) is 17.8 Å². The van der Waals surface area contributed by atoms with Crippen molar-refractivity contribution in [3.8, 4) is 5.75 Å². The molecule has 1 N–H and O–H groups in total. The molecule has 4 nitrogen and oxygen atoms in total. The van der Waals surface area contributed by atoms with Crippen molar-refractivity contribution in [2.45, 2.75) is 39.5 Å². The van der Waals surface area contributed by atoms with Crippen LogP contribution in [0, 0.1) is 5.82 Å². The molecule has 20 heavy (non-hydrogen) atoms. The molecule has 1 aromatic carbocycles. The molecule has 0 radical (unpaired) electrons. The lowest BCUT2D eigenvalue weighted by Crippen LogP contribution is -2.05. The van der Waals surface area contributed by atoms with Gasteiger partial charge in [-0.25, -0.2) is 4.39 Å². The molecular formula is C15H19FN2O2. The Labute approximate surface area is 117 Å². The summed E-state index contributed by atoms with van der Waals surface area (Å²) in [6.45, 7) is 5.95. The second-order valence-electron chi connectivity index (χ2n) is 5.03. The van der Waals surface area contributed by atoms with E-state index in [0.717, 1.165) is 5.69 Å². The Balaban J connectivity index is 2.10. The molecule has 2 rings (SSSR count). The fourth-order valence-electron chi connectivity index (χ4n) is 1.87. The minimum absolute atomic E-state index is 0.283. The summed E-state index contributed by atoms with van der Waals surface area (Å²) in [5.41, 5.74) is 1.23. The molecule has 1 unspecified atom stereocenters. The van der Waals surface area contributed by atoms with E-state index in [9.17, 15) is 9.50 Å². The van der Waals surface area contributed by atoms with Gasteiger partial charge in [0.15, 0.2) is 0 Å². The third-order valence-electron chi connectivity index (χ3n) is 2.99. The summed E-state index contributed by atoms with van der Waals surface area (Å²) in [5, 5.41) is 14.0. The van der Waals surface area contributed by atoms with Crippen LogP contribution in [0.25, 0.3) is 0 Å². The Morgan fingerprint density at radius 3 is 2.65 bits per heavy atom. The van der Waals surface area contributed by atoms with Gasteiger partial charge in [-0.1, -0.05) is 0 Å². The Morgan fingerprint density at radius 2 is 2.05 bits per heavy atom. The van der Waals surface area contributed by atoms with Crippen LogP contribution in [0.5, 0.6) is 5.75 Å². The van der Waals surface area contributed by atoms with Gasteiger partial charge in [-0.2, -0.15) is 5.10 Å². The minimum atomic E-state index is -0.783. The van der Waals surface area contributed by atoms with Crippen LogP contribution >= 0.6 is 0 Å². The lowest BCUT2D eigenvalue weighted by Gasteiger charge is -2.12. The summed E-state index contributed by atoms with van der Waals surface area (Å²) < 4.78 is 20.7. The number of nitrogens with zero attached hydrogens (tertiary/aromatic N) is 2. The topological polar surface area (TPSA) is 47.3 Å². The van der Waals surface area contributed by atoms with Gasteiger partial charge in [-0.15, -0.1) is 0 Å². The highest BCUT2D eigenvalue weighted by Crippen LogP contribution is 2.26. The zero-order valence-corrected chi connectivity index (χ0v) is 11.9. The largest absolute Gasteiger partial charge is 0.487 e. The van der Waals surface area contributed by atoms with Gasteiger partial charge >= 0.3 is 0 Å². The number of aliphatic hydroxyl groups is 1. The maximum absolute atomic E-state index is 13.2. The third-order valence-corrected chi connectivity index (χ3v) is 2.99. The Bertz CT molecular complexity index is 579. The van der Waals surface area contributed by atoms with Crippen molar-refractivity contribution < 1.29 is 14.2 Å². The van der Waals surface area contributed by atoms with Crippen LogP contribution in [0.2, 0.25) is 0 Å². The number of ether oxygens (including phenoxy) is 1. The number of aliphatic hydroxyl groups excluding tert-OH is 1. The van der Waals surface area contributed by atoms with Crippen LogP contribution in [0.4, 0.5) is 4.39 Å². The van der Waals surface area contributed by atoms with E-state index >= 15 is 0 Å². The molecule has 1 heterocycles. The van der Waals surface area contributed by atoms with Crippen LogP contribution in [0.1, 0.15) is 44.2 Å². The molecule has 0 bridgehead atoms. The van der Waals surface area contributed by atoms with Crippen molar-refractivity contribution in [2.75, 3.05) is 0 Å². The van der Waals surface area contributed by atoms with Crippen LogP contribution < -0.4 is 4.74 Å². The second-order valence-corrected chi connectivity index (χ2v) is 5.03. The zero-order chi connectivity index (χ0) is 14.7. The van der Waals surface area contributed by atoms with E-state index in [1.54, 1.807) is 6.92 Å². The number of halogens is 1. The van der Waals surface area contributed by atoms with Crippen molar-refractivity contribution in [3.05, 3.63) is 47.5 Å². The summed E-state index contributed by atoms with van der Waals surface area (Å²) in [4.78, 5) is 0. The molecule has 0 aliphatic heterocycles. The SMILES string of the molecule is CC(O)c1cc(F)ccc1OCc1ccn(C(C)C)n1. The normalized spacial score (nSPS) is 12.7. The van der Waals surface area contributed by atoms with Gasteiger partial charge in [0.1, 0.15) is 18.2 Å². The van der Waals surface area contributed by atoms with E-state index in [1.165, 1.54) is 18.2 Å². The van der Waals surface area contributed by atoms with Gasteiger partial charge in [0.05, 0.1) is 11.8 Å². The van der Waals surface area contributed by atoms with E-state index < -0.39 is 11.9 Å². The van der Waals surface area contributed by atoms with E-state index in [4.69, 9.17) is 4.74 Å². The fraction of sp³-hybridized carbons (Fsp3) is 0.400. The molecule has 0 aliphatic rings. The fourth-order valence-corrected chi connectivity index (χ4v) is 1.87. The molecule has 0 saturated heterocycles. The highest BCUT2D eigenvalue weighted by atomic mass is 19.1. The summed E-state index contributed by atoms with van der Waals surface area (Å²) in [6.07, 6.45) is 1.11. The van der Waals surface area contributed by atoms with Gasteiger partial charge < -0.3 is 9.84 Å². The standard InChI is InChI=1S/C15H19FN2O2/c1-10(2)18-7-6-13(17-18)9-20-15-5-4-12(16)8-14(15)11(3)19/h4-8,10-11,19H,9H2,1-3H3. The zero-order valence-electron chi connectivity index (χ0n) is 11.9. The van der Waals surface area contributed by atoms with E-state index in [2.05, 4.69) is 5.10 Å². The quantitative estimate of drug-likeness (QED) is 0.913. The highest BCUT2D eigenvalue weighted by molar-refractivity contribution is 5.35. The maximum Gasteiger partial charge on any atom is 0.132 e. The molecule has 5 heteroatoms. The van der Waals surface area contributed by atoms with Crippen molar-refractivity contribution in [1.29, 1.82) is 0 Å². The molecule has 0 fully saturated rings. The molecular weight excluding hydrogens is 259 g/mol. The van der Waals surface area contributed by atoms with E-state index in [0.29, 0.717) is 17.4 Å². The number of hydrogen-bond acceptors (Lipinski definition) is 3. The maximum atomic E-state index is 13.2. The van der Waals surface area contributed by atoms with Gasteiger partial charge in [-0.3, -0.25) is 4.68 Å². The third kappa shape index (κ3) is 3.36. The number of rotatable bonds is 5. The lowest BCUT2D eigenvalue weighted by molar-refractivity contribution is 0.189. The molecule has 1 atom stereocenters. The Kier molecular flexibility index (Phi) is 4.39. The first-order valence-corrected chi connectivity index (χ1v) is 6.61. The van der Waals surface area contributed by atoms with Crippen molar-refractivity contribution in [2.24, 2.45) is 0 Å². The minimum Gasteiger partial charge on any atom is -0.487 e. The first kappa shape index (κ1) is 14.5. The monoisotopic (exact) mass is 278 g/mol. The Hall–Kier alpha value is -1.88. The molecule has 0 saturated carbocycles. The van der Waals surface area contributed by atoms with Crippen LogP contribution in [-0.4, -0.2) is 14.9 Å². The predicted octanol–water partition coefficient (Wildman–Crippen LogP) is 3.24. The first-order chi connectivity index (χ1) is 9.47. The average molecular weight is 278 g/mol. The number of aromatic nitrogens is 2. The molecule has 0 amide bonds. The summed E-state index contributed by atoms with van der Waals surface area (Å²) in [7, 11) is 0. The molecule has 1 aromatic heterocycles. The van der Waals surface area contributed by atoms with Crippen molar-refractivity contribution >= 4 is 0 Å². The Morgan fingerprint density at radius 1 is 1.30 bits per heavy atom. The van der Waals surface area contributed by atoms with Gasteiger partial charge in [0.2, 0.25) is 0 Å². The van der Waals surface area contributed by atoms with E-state index in [-0.39, 0.29) is 6.61 Å². The van der Waals surface area contributed by atoms with Crippen LogP contribution in [0.3, 0.4) is 0 Å². The second kappa shape index (κ2) is 6.05. The molecule has 0 aliphatic carbocycles. The predicted molar refractivity (Wildman–Crippen MR) is 74.0 cm³/mol. The van der Waals surface area contributed by atoms with Crippen molar-refractivity contribution in [3.63, 3.8) is 0 Å². The van der Waals surface area contributed by atoms with E-state index in [1.807, 2.05) is 30.8 Å². The first-order valence-electron chi connectivity index (χ1n) is 6.61. The number of hydrogen-bond donors (Lipinski definition) is 1. The lowest BCUT2D eigenvalue weighted by atomic mass is 10.1. The summed E-state index contributed by atoms with van der Waals surface area (Å²) in [5.74, 6) is 0.0813. The number of benzene rings is 1. The van der Waals surface area contributed by atoms with Gasteiger partial charge in [-0.05, 0) is 45.0 Å². The summed E-state index contributed by atoms with van der Waals surface area (Å²) >= 11 is 0. The molecule has 108 valence electrons. The smallest absolute Gasteiger partial charge is 0.132 e. The molecule has 0 spiro atoms. The van der Waals surface area contributed by atoms with Crippen LogP contribution in [-0.2, 0) is 6.61 Å². The van der Waals surface area contributed by atoms with Crippen LogP contribution in [0.15, 0.2) is 30.5 Å². The average Bonchev–Trinajstić information content (AvgIpc) is 2.86. The highest BCUT2D eigenvalue weighted by Gasteiger charge is 2.11. The van der Waals surface area contributed by atoms with Gasteiger partial charge in [0.25, 0.3) is 0 Å². The summed E-state index contributed by atoms with van der Waals surface area (Å²) in [6, 6.07) is 6.30. The van der Waals surface area contributed by atoms with Crippen molar-refractivity contribution in [1.82, 2.24) is 9.78 Å². The molecule has 2 aromatic rings.